The van der Waals surface area contributed by atoms with Crippen molar-refractivity contribution in [2.24, 2.45) is 0 Å². The number of anilines is 1. The van der Waals surface area contributed by atoms with Gasteiger partial charge in [0.1, 0.15) is 17.3 Å². The second-order valence-corrected chi connectivity index (χ2v) is 14.8. The van der Waals surface area contributed by atoms with Crippen LogP contribution >= 0.6 is 0 Å². The molecule has 1 aliphatic rings. The Hall–Kier alpha value is -4.77. The predicted octanol–water partition coefficient (Wildman–Crippen LogP) is 7.34. The van der Waals surface area contributed by atoms with Crippen LogP contribution in [0.1, 0.15) is 66.6 Å². The highest BCUT2D eigenvalue weighted by atomic mass is 19.1. The molecule has 0 radical (unpaired) electrons. The Bertz CT molecular complexity index is 1770. The third kappa shape index (κ3) is 11.6. The fourth-order valence-electron chi connectivity index (χ4n) is 7.17. The molecule has 1 saturated heterocycles. The third-order valence-electron chi connectivity index (χ3n) is 10.1. The summed E-state index contributed by atoms with van der Waals surface area (Å²) in [5, 5.41) is 3.47. The average molecular weight is 753 g/mol. The van der Waals surface area contributed by atoms with Crippen molar-refractivity contribution in [1.82, 2.24) is 15.1 Å². The highest BCUT2D eigenvalue weighted by Crippen LogP contribution is 2.36. The molecule has 2 atom stereocenters. The first-order valence-corrected chi connectivity index (χ1v) is 19.4. The summed E-state index contributed by atoms with van der Waals surface area (Å²) in [5.74, 6) is -0.0861. The number of methoxy groups -OCH3 is 1. The van der Waals surface area contributed by atoms with E-state index in [9.17, 15) is 9.59 Å². The Morgan fingerprint density at radius 3 is 2.25 bits per heavy atom. The molecule has 0 unspecified atom stereocenters. The molecule has 294 valence electrons. The van der Waals surface area contributed by atoms with E-state index in [4.69, 9.17) is 14.2 Å². The van der Waals surface area contributed by atoms with Crippen LogP contribution in [-0.2, 0) is 22.6 Å². The first-order chi connectivity index (χ1) is 26.6. The van der Waals surface area contributed by atoms with Gasteiger partial charge in [0.05, 0.1) is 23.9 Å². The molecule has 4 aromatic rings. The molecule has 10 heteroatoms. The summed E-state index contributed by atoms with van der Waals surface area (Å²) in [4.78, 5) is 32.6. The number of nitrogens with zero attached hydrogens (tertiary/aromatic N) is 3. The molecule has 55 heavy (non-hydrogen) atoms. The van der Waals surface area contributed by atoms with Crippen molar-refractivity contribution in [2.45, 2.75) is 64.3 Å². The fourth-order valence-corrected chi connectivity index (χ4v) is 7.17. The number of nitrogens with one attached hydrogen (secondary N) is 1. The van der Waals surface area contributed by atoms with Crippen molar-refractivity contribution in [2.75, 3.05) is 65.0 Å². The van der Waals surface area contributed by atoms with Gasteiger partial charge in [-0.05, 0) is 68.6 Å². The molecule has 4 aromatic carbocycles. The number of hydrogen-bond acceptors (Lipinski definition) is 8. The van der Waals surface area contributed by atoms with Crippen molar-refractivity contribution < 1.29 is 28.2 Å². The predicted molar refractivity (Wildman–Crippen MR) is 217 cm³/mol. The smallest absolute Gasteiger partial charge is 0.257 e. The molecular formula is C45H57FN4O5. The number of carbonyl (C=O) groups excluding carboxylic acids is 2. The van der Waals surface area contributed by atoms with Crippen LogP contribution in [0, 0.1) is 5.82 Å². The van der Waals surface area contributed by atoms with E-state index in [0.29, 0.717) is 51.4 Å². The first kappa shape index (κ1) is 41.4. The van der Waals surface area contributed by atoms with E-state index in [1.54, 1.807) is 31.9 Å². The van der Waals surface area contributed by atoms with Gasteiger partial charge in [-0.1, -0.05) is 72.8 Å². The van der Waals surface area contributed by atoms with Crippen LogP contribution in [0.2, 0.25) is 0 Å². The van der Waals surface area contributed by atoms with Crippen LogP contribution in [-0.4, -0.2) is 93.7 Å². The molecule has 1 fully saturated rings. The number of halogens is 1. The summed E-state index contributed by atoms with van der Waals surface area (Å²) in [5.41, 5.74) is 2.77. The van der Waals surface area contributed by atoms with E-state index in [1.807, 2.05) is 67.4 Å². The minimum absolute atomic E-state index is 0.0223. The van der Waals surface area contributed by atoms with Crippen LogP contribution in [0.15, 0.2) is 97.1 Å². The number of hydrogen-bond donors (Lipinski definition) is 1. The number of likely N-dealkylation sites (N-methyl/N-ethyl adjacent to an activating group) is 2. The highest BCUT2D eigenvalue weighted by Gasteiger charge is 2.35. The number of aldehydes is 1. The zero-order valence-electron chi connectivity index (χ0n) is 33.0. The van der Waals surface area contributed by atoms with E-state index in [1.165, 1.54) is 17.2 Å². The third-order valence-corrected chi connectivity index (χ3v) is 10.1. The second-order valence-electron chi connectivity index (χ2n) is 14.8. The Morgan fingerprint density at radius 2 is 1.62 bits per heavy atom. The molecular weight excluding hydrogens is 696 g/mol. The van der Waals surface area contributed by atoms with Crippen LogP contribution in [0.5, 0.6) is 11.5 Å². The average Bonchev–Trinajstić information content (AvgIpc) is 3.20. The lowest BCUT2D eigenvalue weighted by Crippen LogP contribution is -2.52. The molecule has 0 saturated carbocycles. The monoisotopic (exact) mass is 752 g/mol. The maximum Gasteiger partial charge on any atom is 0.257 e. The van der Waals surface area contributed by atoms with Crippen molar-refractivity contribution in [3.05, 3.63) is 125 Å². The minimum Gasteiger partial charge on any atom is -0.493 e. The van der Waals surface area contributed by atoms with Crippen molar-refractivity contribution in [3.63, 3.8) is 0 Å². The Kier molecular flexibility index (Phi) is 15.2. The van der Waals surface area contributed by atoms with Gasteiger partial charge in [-0.15, -0.1) is 0 Å². The first-order valence-electron chi connectivity index (χ1n) is 19.4. The Labute approximate surface area is 326 Å². The molecule has 1 aliphatic heterocycles. The standard InChI is InChI=1S/C45H57FN4O5/c1-6-50(42-30-47-22-21-38(42)36-19-13-20-37(27-36)54-26-14-25-53-5)44(52)39-28-41(43(29-40(39)46)55-45(2,3)33-51)48(4)23-24-49(31-34-15-9-7-10-16-34)32-35-17-11-8-12-18-35/h7-13,15-20,27-29,33,38,42,47H,6,14,21-26,30-32H2,1-5H3/t38-,42+/m1/s1. The van der Waals surface area contributed by atoms with Gasteiger partial charge in [-0.2, -0.15) is 0 Å². The fraction of sp³-hybridized carbons (Fsp3) is 0.422. The number of ether oxygens (including phenoxy) is 3. The summed E-state index contributed by atoms with van der Waals surface area (Å²) in [6.45, 7) is 10.8. The van der Waals surface area contributed by atoms with Gasteiger partial charge >= 0.3 is 0 Å². The molecule has 9 nitrogen and oxygen atoms in total. The summed E-state index contributed by atoms with van der Waals surface area (Å²) < 4.78 is 33.5. The van der Waals surface area contributed by atoms with Crippen molar-refractivity contribution in [3.8, 4) is 11.5 Å². The van der Waals surface area contributed by atoms with Gasteiger partial charge < -0.3 is 29.3 Å². The molecule has 1 heterocycles. The van der Waals surface area contributed by atoms with Gasteiger partial charge in [0.15, 0.2) is 11.9 Å². The van der Waals surface area contributed by atoms with Gasteiger partial charge in [0, 0.05) is 78.4 Å². The second kappa shape index (κ2) is 20.2. The molecule has 0 bridgehead atoms. The molecule has 5 rings (SSSR count). The lowest BCUT2D eigenvalue weighted by Gasteiger charge is -2.40. The van der Waals surface area contributed by atoms with Crippen molar-refractivity contribution >= 4 is 17.9 Å². The minimum atomic E-state index is -1.21. The van der Waals surface area contributed by atoms with Crippen LogP contribution in [0.25, 0.3) is 0 Å². The lowest BCUT2D eigenvalue weighted by atomic mass is 9.84. The molecule has 0 spiro atoms. The molecule has 1 amide bonds. The van der Waals surface area contributed by atoms with Gasteiger partial charge in [0.25, 0.3) is 5.91 Å². The highest BCUT2D eigenvalue weighted by molar-refractivity contribution is 5.96. The number of piperidine rings is 1. The summed E-state index contributed by atoms with van der Waals surface area (Å²) in [6.07, 6.45) is 2.30. The van der Waals surface area contributed by atoms with E-state index in [2.05, 4.69) is 46.6 Å². The van der Waals surface area contributed by atoms with Crippen LogP contribution < -0.4 is 19.7 Å². The van der Waals surface area contributed by atoms with Crippen LogP contribution in [0.3, 0.4) is 0 Å². The quantitative estimate of drug-likeness (QED) is 0.0742. The SMILES string of the molecule is CCN(C(=O)c1cc(N(C)CCN(Cc2ccccc2)Cc2ccccc2)c(OC(C)(C)C=O)cc1F)[C@H]1CNCC[C@@H]1c1cccc(OCCCOC)c1. The van der Waals surface area contributed by atoms with E-state index < -0.39 is 17.3 Å². The Balaban J connectivity index is 1.42. The van der Waals surface area contributed by atoms with E-state index in [0.717, 1.165) is 43.8 Å². The molecule has 1 N–H and O–H groups in total. The zero-order chi connectivity index (χ0) is 39.2. The molecule has 0 aliphatic carbocycles. The number of benzene rings is 4. The number of rotatable bonds is 20. The zero-order valence-corrected chi connectivity index (χ0v) is 33.0. The normalized spacial score (nSPS) is 15.8. The van der Waals surface area contributed by atoms with Crippen molar-refractivity contribution in [1.29, 1.82) is 0 Å². The lowest BCUT2D eigenvalue weighted by molar-refractivity contribution is -0.118. The van der Waals surface area contributed by atoms with Gasteiger partial charge in [0.2, 0.25) is 0 Å². The van der Waals surface area contributed by atoms with Gasteiger partial charge in [-0.3, -0.25) is 14.5 Å². The van der Waals surface area contributed by atoms with Gasteiger partial charge in [-0.25, -0.2) is 4.39 Å². The maximum atomic E-state index is 16.2. The number of amides is 1. The summed E-state index contributed by atoms with van der Waals surface area (Å²) in [7, 11) is 3.59. The largest absolute Gasteiger partial charge is 0.493 e. The molecule has 0 aromatic heterocycles. The Morgan fingerprint density at radius 1 is 0.927 bits per heavy atom. The topological polar surface area (TPSA) is 83.6 Å². The van der Waals surface area contributed by atoms with E-state index >= 15 is 4.39 Å². The number of carbonyl (C=O) groups is 2. The maximum absolute atomic E-state index is 16.2. The van der Waals surface area contributed by atoms with E-state index in [-0.39, 0.29) is 23.3 Å². The summed E-state index contributed by atoms with van der Waals surface area (Å²) in [6, 6.07) is 31.4. The summed E-state index contributed by atoms with van der Waals surface area (Å²) >= 11 is 0. The van der Waals surface area contributed by atoms with Crippen LogP contribution in [0.4, 0.5) is 10.1 Å².